The number of hydrogen-bond donors (Lipinski definition) is 1. The topological polar surface area (TPSA) is 81.9 Å². The Kier molecular flexibility index (Phi) is 8.05. The van der Waals surface area contributed by atoms with Crippen molar-refractivity contribution in [1.82, 2.24) is 4.57 Å². The fraction of sp³-hybridized carbons (Fsp3) is 0.167. The van der Waals surface area contributed by atoms with Crippen LogP contribution in [0.2, 0.25) is 5.02 Å². The Balaban J connectivity index is 1.63. The first-order valence-corrected chi connectivity index (χ1v) is 13.6. The molecule has 1 aliphatic rings. The van der Waals surface area contributed by atoms with Crippen LogP contribution in [-0.2, 0) is 4.79 Å². The molecule has 41 heavy (non-hydrogen) atoms. The van der Waals surface area contributed by atoms with Crippen molar-refractivity contribution in [3.63, 3.8) is 0 Å². The second-order valence-electron chi connectivity index (χ2n) is 9.19. The van der Waals surface area contributed by atoms with Gasteiger partial charge in [-0.25, -0.2) is 4.99 Å². The number of alkyl halides is 2. The molecule has 210 valence electrons. The molecule has 4 aromatic rings. The minimum atomic E-state index is -3.01. The van der Waals surface area contributed by atoms with Gasteiger partial charge in [0.05, 0.1) is 29.0 Å². The molecule has 2 heterocycles. The monoisotopic (exact) mass is 595 g/mol. The van der Waals surface area contributed by atoms with Crippen LogP contribution in [0.1, 0.15) is 29.7 Å². The number of carbonyl (C=O) groups excluding carboxylic acids is 1. The predicted molar refractivity (Wildman–Crippen MR) is 155 cm³/mol. The van der Waals surface area contributed by atoms with E-state index in [-0.39, 0.29) is 23.0 Å². The van der Waals surface area contributed by atoms with Crippen LogP contribution in [-0.4, -0.2) is 24.2 Å². The van der Waals surface area contributed by atoms with Gasteiger partial charge in [0.15, 0.2) is 16.3 Å². The lowest BCUT2D eigenvalue weighted by Gasteiger charge is -2.25. The summed E-state index contributed by atoms with van der Waals surface area (Å²) >= 11 is 7.31. The summed E-state index contributed by atoms with van der Waals surface area (Å²) < 4.78 is 37.0. The predicted octanol–water partition coefficient (Wildman–Crippen LogP) is 5.45. The van der Waals surface area contributed by atoms with Crippen LogP contribution in [0.15, 0.2) is 87.8 Å². The number of anilines is 1. The first-order chi connectivity index (χ1) is 19.7. The average Bonchev–Trinajstić information content (AvgIpc) is 3.24. The highest BCUT2D eigenvalue weighted by Gasteiger charge is 2.32. The van der Waals surface area contributed by atoms with Crippen molar-refractivity contribution in [2.45, 2.75) is 26.5 Å². The van der Waals surface area contributed by atoms with Crippen molar-refractivity contribution in [3.05, 3.63) is 119 Å². The van der Waals surface area contributed by atoms with E-state index in [9.17, 15) is 18.4 Å². The van der Waals surface area contributed by atoms with E-state index in [4.69, 9.17) is 16.3 Å². The van der Waals surface area contributed by atoms with Crippen LogP contribution in [0, 0.1) is 6.92 Å². The number of ether oxygens (including phenoxy) is 2. The van der Waals surface area contributed by atoms with E-state index in [1.807, 2.05) is 31.2 Å². The smallest absolute Gasteiger partial charge is 0.387 e. The molecular formula is C30H24ClF2N3O4S. The van der Waals surface area contributed by atoms with Gasteiger partial charge in [0, 0.05) is 10.7 Å². The van der Waals surface area contributed by atoms with Gasteiger partial charge >= 0.3 is 6.61 Å². The standard InChI is InChI=1S/C30H24ClF2N3O4S/c1-16-6-4-5-7-21(16)35-27(37)25-17(2)34-30-36(26(25)19-9-11-20(31)12-10-19)28(38)24(41-30)15-18-8-13-22(40-29(32)33)23(14-18)39-3/h4-15,26,29H,1-3H3,(H,35,37)/b24-15+. The van der Waals surface area contributed by atoms with Crippen LogP contribution in [0.5, 0.6) is 11.5 Å². The van der Waals surface area contributed by atoms with Gasteiger partial charge in [-0.15, -0.1) is 0 Å². The van der Waals surface area contributed by atoms with Crippen molar-refractivity contribution in [1.29, 1.82) is 0 Å². The number of thiazole rings is 1. The molecule has 3 aromatic carbocycles. The van der Waals surface area contributed by atoms with E-state index < -0.39 is 12.7 Å². The zero-order chi connectivity index (χ0) is 29.3. The number of nitrogens with one attached hydrogen (secondary N) is 1. The fourth-order valence-corrected chi connectivity index (χ4v) is 5.77. The number of hydrogen-bond acceptors (Lipinski definition) is 6. The summed E-state index contributed by atoms with van der Waals surface area (Å²) in [4.78, 5) is 32.6. The number of rotatable bonds is 7. The number of fused-ring (bicyclic) bond motifs is 1. The molecule has 11 heteroatoms. The maximum Gasteiger partial charge on any atom is 0.387 e. The number of aryl methyl sites for hydroxylation is 1. The number of amides is 1. The Hall–Kier alpha value is -4.28. The van der Waals surface area contributed by atoms with E-state index in [1.54, 1.807) is 43.3 Å². The van der Waals surface area contributed by atoms with Gasteiger partial charge in [0.2, 0.25) is 0 Å². The summed E-state index contributed by atoms with van der Waals surface area (Å²) in [6.07, 6.45) is 1.61. The van der Waals surface area contributed by atoms with Crippen molar-refractivity contribution in [2.24, 2.45) is 4.99 Å². The minimum absolute atomic E-state index is 0.0943. The molecule has 0 bridgehead atoms. The van der Waals surface area contributed by atoms with Crippen LogP contribution in [0.25, 0.3) is 6.08 Å². The maximum atomic E-state index is 13.9. The van der Waals surface area contributed by atoms with Crippen LogP contribution >= 0.6 is 22.9 Å². The van der Waals surface area contributed by atoms with E-state index in [0.717, 1.165) is 16.9 Å². The Bertz CT molecular complexity index is 1850. The molecule has 5 rings (SSSR count). The van der Waals surface area contributed by atoms with Crippen molar-refractivity contribution >= 4 is 40.6 Å². The van der Waals surface area contributed by atoms with Crippen LogP contribution in [0.3, 0.4) is 0 Å². The lowest BCUT2D eigenvalue weighted by atomic mass is 9.95. The molecule has 0 spiro atoms. The highest BCUT2D eigenvalue weighted by molar-refractivity contribution is 7.07. The first kappa shape index (κ1) is 28.3. The third-order valence-electron chi connectivity index (χ3n) is 6.55. The number of methoxy groups -OCH3 is 1. The Morgan fingerprint density at radius 3 is 2.51 bits per heavy atom. The molecule has 0 saturated heterocycles. The summed E-state index contributed by atoms with van der Waals surface area (Å²) in [5.41, 5.74) is 3.18. The summed E-state index contributed by atoms with van der Waals surface area (Å²) in [5, 5.41) is 3.48. The molecule has 0 aliphatic carbocycles. The zero-order valence-electron chi connectivity index (χ0n) is 22.2. The number of carbonyl (C=O) groups is 1. The summed E-state index contributed by atoms with van der Waals surface area (Å²) in [7, 11) is 1.34. The van der Waals surface area contributed by atoms with Gasteiger partial charge < -0.3 is 14.8 Å². The quantitative estimate of drug-likeness (QED) is 0.308. The zero-order valence-corrected chi connectivity index (χ0v) is 23.7. The Morgan fingerprint density at radius 1 is 1.10 bits per heavy atom. The molecule has 0 fully saturated rings. The number of halogens is 3. The van der Waals surface area contributed by atoms with E-state index >= 15 is 0 Å². The molecule has 7 nitrogen and oxygen atoms in total. The number of allylic oxidation sites excluding steroid dienone is 1. The largest absolute Gasteiger partial charge is 0.493 e. The Labute approximate surface area is 242 Å². The van der Waals surface area contributed by atoms with E-state index in [2.05, 4.69) is 15.0 Å². The molecule has 1 aromatic heterocycles. The van der Waals surface area contributed by atoms with Gasteiger partial charge in [-0.3, -0.25) is 14.2 Å². The highest BCUT2D eigenvalue weighted by atomic mass is 35.5. The summed E-state index contributed by atoms with van der Waals surface area (Å²) in [6, 6.07) is 18.0. The summed E-state index contributed by atoms with van der Waals surface area (Å²) in [5.74, 6) is -0.408. The SMILES string of the molecule is COc1cc(/C=c2/sc3n(c2=O)C(c2ccc(Cl)cc2)C(C(=O)Nc2ccccc2C)=C(C)N=3)ccc1OC(F)F. The minimum Gasteiger partial charge on any atom is -0.493 e. The lowest BCUT2D eigenvalue weighted by molar-refractivity contribution is -0.113. The van der Waals surface area contributed by atoms with Crippen LogP contribution in [0.4, 0.5) is 14.5 Å². The average molecular weight is 596 g/mol. The van der Waals surface area contributed by atoms with Crippen molar-refractivity contribution in [3.8, 4) is 11.5 Å². The molecule has 1 unspecified atom stereocenters. The van der Waals surface area contributed by atoms with E-state index in [1.165, 1.54) is 23.8 Å². The number of para-hydroxylation sites is 1. The highest BCUT2D eigenvalue weighted by Crippen LogP contribution is 2.32. The third kappa shape index (κ3) is 5.79. The normalized spacial score (nSPS) is 15.0. The molecule has 1 atom stereocenters. The number of nitrogens with zero attached hydrogens (tertiary/aromatic N) is 2. The third-order valence-corrected chi connectivity index (χ3v) is 7.78. The fourth-order valence-electron chi connectivity index (χ4n) is 4.59. The van der Waals surface area contributed by atoms with E-state index in [0.29, 0.717) is 42.4 Å². The molecule has 1 amide bonds. The van der Waals surface area contributed by atoms with Gasteiger partial charge in [-0.2, -0.15) is 8.78 Å². The molecule has 1 N–H and O–H groups in total. The maximum absolute atomic E-state index is 13.9. The first-order valence-electron chi connectivity index (χ1n) is 12.4. The molecular weight excluding hydrogens is 572 g/mol. The van der Waals surface area contributed by atoms with Gasteiger partial charge in [-0.05, 0) is 66.9 Å². The molecule has 0 radical (unpaired) electrons. The number of aromatic nitrogens is 1. The van der Waals surface area contributed by atoms with Gasteiger partial charge in [0.1, 0.15) is 0 Å². The van der Waals surface area contributed by atoms with Crippen molar-refractivity contribution in [2.75, 3.05) is 12.4 Å². The molecule has 0 saturated carbocycles. The second kappa shape index (κ2) is 11.7. The lowest BCUT2D eigenvalue weighted by Crippen LogP contribution is -2.40. The van der Waals surface area contributed by atoms with Gasteiger partial charge in [-0.1, -0.05) is 59.3 Å². The number of benzene rings is 3. The Morgan fingerprint density at radius 2 is 1.83 bits per heavy atom. The van der Waals surface area contributed by atoms with Crippen LogP contribution < -0.4 is 29.7 Å². The summed E-state index contributed by atoms with van der Waals surface area (Å²) in [6.45, 7) is 0.620. The molecule has 1 aliphatic heterocycles. The van der Waals surface area contributed by atoms with Gasteiger partial charge in [0.25, 0.3) is 11.5 Å². The second-order valence-corrected chi connectivity index (χ2v) is 10.6. The van der Waals surface area contributed by atoms with Crippen molar-refractivity contribution < 1.29 is 23.0 Å².